The highest BCUT2D eigenvalue weighted by molar-refractivity contribution is 7.80. The van der Waals surface area contributed by atoms with Crippen molar-refractivity contribution in [1.29, 1.82) is 0 Å². The van der Waals surface area contributed by atoms with Crippen molar-refractivity contribution in [3.05, 3.63) is 65.7 Å². The molecule has 0 aliphatic rings. The van der Waals surface area contributed by atoms with E-state index in [1.54, 1.807) is 24.3 Å². The molecule has 3 heteroatoms. The molecule has 2 rings (SSSR count). The van der Waals surface area contributed by atoms with Gasteiger partial charge in [-0.05, 0) is 12.1 Å². The van der Waals surface area contributed by atoms with Crippen LogP contribution in [-0.4, -0.2) is 12.1 Å². The van der Waals surface area contributed by atoms with Crippen molar-refractivity contribution in [3.63, 3.8) is 0 Å². The normalized spacial score (nSPS) is 9.00. The molecule has 0 aliphatic carbocycles. The summed E-state index contributed by atoms with van der Waals surface area (Å²) >= 11 is 4.05. The first-order valence-electron chi connectivity index (χ1n) is 7.38. The van der Waals surface area contributed by atoms with Crippen LogP contribution in [-0.2, 0) is 0 Å². The van der Waals surface area contributed by atoms with Crippen LogP contribution in [0, 0.1) is 5.92 Å². The van der Waals surface area contributed by atoms with Gasteiger partial charge in [-0.25, -0.2) is 0 Å². The van der Waals surface area contributed by atoms with E-state index in [0.717, 1.165) is 16.7 Å². The summed E-state index contributed by atoms with van der Waals surface area (Å²) < 4.78 is 0. The topological polar surface area (TPSA) is 34.1 Å². The summed E-state index contributed by atoms with van der Waals surface area (Å²) in [4.78, 5) is 22.3. The van der Waals surface area contributed by atoms with E-state index in [2.05, 4.69) is 12.6 Å². The average Bonchev–Trinajstić information content (AvgIpc) is 2.58. The Labute approximate surface area is 139 Å². The van der Waals surface area contributed by atoms with Gasteiger partial charge in [-0.3, -0.25) is 9.59 Å². The van der Waals surface area contributed by atoms with Crippen molar-refractivity contribution in [2.24, 2.45) is 5.92 Å². The molecule has 0 spiro atoms. The fourth-order valence-electron chi connectivity index (χ4n) is 1.49. The number of aldehydes is 1. The lowest BCUT2D eigenvalue weighted by Crippen LogP contribution is -2.06. The van der Waals surface area contributed by atoms with Crippen molar-refractivity contribution in [2.45, 2.75) is 32.6 Å². The van der Waals surface area contributed by atoms with Crippen molar-refractivity contribution in [2.75, 3.05) is 0 Å². The van der Waals surface area contributed by atoms with Crippen molar-refractivity contribution >= 4 is 24.7 Å². The predicted octanol–water partition coefficient (Wildman–Crippen LogP) is 5.34. The van der Waals surface area contributed by atoms with Crippen molar-refractivity contribution in [3.8, 4) is 0 Å². The summed E-state index contributed by atoms with van der Waals surface area (Å²) in [5, 5.41) is 0. The van der Waals surface area contributed by atoms with E-state index in [4.69, 9.17) is 0 Å². The third-order valence-electron chi connectivity index (χ3n) is 2.61. The summed E-state index contributed by atoms with van der Waals surface area (Å²) in [6.07, 6.45) is 0.813. The summed E-state index contributed by atoms with van der Waals surface area (Å²) in [6.45, 7) is 7.82. The molecular weight excluding hydrogens is 292 g/mol. The quantitative estimate of drug-likeness (QED) is 0.471. The smallest absolute Gasteiger partial charge is 0.165 e. The average molecular weight is 316 g/mol. The Morgan fingerprint density at radius 1 is 0.955 bits per heavy atom. The van der Waals surface area contributed by atoms with E-state index in [1.807, 2.05) is 58.0 Å². The van der Waals surface area contributed by atoms with Crippen LogP contribution in [0.25, 0.3) is 0 Å². The lowest BCUT2D eigenvalue weighted by molar-refractivity contribution is 0.0939. The van der Waals surface area contributed by atoms with Gasteiger partial charge >= 0.3 is 0 Å². The molecule has 0 saturated carbocycles. The molecular formula is C19H24O2S. The monoisotopic (exact) mass is 316 g/mol. The summed E-state index contributed by atoms with van der Waals surface area (Å²) in [7, 11) is 0. The number of thiol groups is 1. The molecule has 0 atom stereocenters. The lowest BCUT2D eigenvalue weighted by Gasteiger charge is -2.01. The van der Waals surface area contributed by atoms with E-state index in [1.165, 1.54) is 0 Å². The Morgan fingerprint density at radius 3 is 1.86 bits per heavy atom. The molecule has 0 heterocycles. The standard InChI is InChI=1S/C10H12O.C7H6OS.C2H6/c1-8(2)10(11)9-6-4-3-5-7-9;8-5-6-1-3-7(9)4-2-6;1-2/h3-8H,1-2H3;1-5,9H;1-2H3. The van der Waals surface area contributed by atoms with E-state index < -0.39 is 0 Å². The zero-order chi connectivity index (χ0) is 17.0. The Bertz CT molecular complexity index is 545. The van der Waals surface area contributed by atoms with Gasteiger partial charge in [0.2, 0.25) is 0 Å². The number of rotatable bonds is 3. The summed E-state index contributed by atoms with van der Waals surface area (Å²) in [5.74, 6) is 0.308. The van der Waals surface area contributed by atoms with Gasteiger partial charge in [0.25, 0.3) is 0 Å². The maximum Gasteiger partial charge on any atom is 0.165 e. The van der Waals surface area contributed by atoms with Gasteiger partial charge in [0.05, 0.1) is 0 Å². The number of Topliss-reactive ketones (excluding diaryl/α,β-unsaturated/α-hetero) is 1. The van der Waals surface area contributed by atoms with E-state index in [9.17, 15) is 9.59 Å². The fraction of sp³-hybridized carbons (Fsp3) is 0.263. The molecule has 0 aromatic heterocycles. The minimum Gasteiger partial charge on any atom is -0.298 e. The lowest BCUT2D eigenvalue weighted by atomic mass is 10.0. The molecule has 0 unspecified atom stereocenters. The van der Waals surface area contributed by atoms with Crippen molar-refractivity contribution in [1.82, 2.24) is 0 Å². The molecule has 0 saturated heterocycles. The second kappa shape index (κ2) is 11.8. The molecule has 0 aliphatic heterocycles. The Kier molecular flexibility index (Phi) is 10.8. The zero-order valence-corrected chi connectivity index (χ0v) is 14.5. The molecule has 0 radical (unpaired) electrons. The largest absolute Gasteiger partial charge is 0.298 e. The molecule has 0 amide bonds. The van der Waals surface area contributed by atoms with Crippen LogP contribution in [0.15, 0.2) is 59.5 Å². The Morgan fingerprint density at radius 2 is 1.45 bits per heavy atom. The van der Waals surface area contributed by atoms with Gasteiger partial charge in [0.1, 0.15) is 6.29 Å². The van der Waals surface area contributed by atoms with Crippen LogP contribution in [0.3, 0.4) is 0 Å². The highest BCUT2D eigenvalue weighted by Gasteiger charge is 2.08. The predicted molar refractivity (Wildman–Crippen MR) is 96.0 cm³/mol. The minimum absolute atomic E-state index is 0.0948. The molecule has 2 aromatic carbocycles. The second-order valence-corrected chi connectivity index (χ2v) is 5.11. The Hall–Kier alpha value is -1.87. The SMILES string of the molecule is CC.CC(C)C(=O)c1ccccc1.O=Cc1ccc(S)cc1. The maximum absolute atomic E-state index is 11.3. The molecule has 0 N–H and O–H groups in total. The minimum atomic E-state index is 0.0948. The number of carbonyl (C=O) groups is 2. The second-order valence-electron chi connectivity index (χ2n) is 4.59. The van der Waals surface area contributed by atoms with Crippen LogP contribution < -0.4 is 0 Å². The van der Waals surface area contributed by atoms with E-state index >= 15 is 0 Å². The highest BCUT2D eigenvalue weighted by Crippen LogP contribution is 2.07. The summed E-state index contributed by atoms with van der Waals surface area (Å²) in [6, 6.07) is 16.4. The Balaban J connectivity index is 0.000000366. The first-order valence-corrected chi connectivity index (χ1v) is 7.82. The molecule has 0 bridgehead atoms. The fourth-order valence-corrected chi connectivity index (χ4v) is 1.64. The van der Waals surface area contributed by atoms with Crippen LogP contribution in [0.4, 0.5) is 0 Å². The van der Waals surface area contributed by atoms with Gasteiger partial charge in [-0.1, -0.05) is 70.2 Å². The van der Waals surface area contributed by atoms with Crippen LogP contribution in [0.5, 0.6) is 0 Å². The van der Waals surface area contributed by atoms with Gasteiger partial charge in [0.15, 0.2) is 5.78 Å². The van der Waals surface area contributed by atoms with Crippen LogP contribution in [0.2, 0.25) is 0 Å². The number of hydrogen-bond donors (Lipinski definition) is 1. The van der Waals surface area contributed by atoms with Crippen LogP contribution >= 0.6 is 12.6 Å². The molecule has 118 valence electrons. The van der Waals surface area contributed by atoms with E-state index in [0.29, 0.717) is 5.56 Å². The molecule has 2 nitrogen and oxygen atoms in total. The van der Waals surface area contributed by atoms with E-state index in [-0.39, 0.29) is 11.7 Å². The first kappa shape index (κ1) is 20.1. The highest BCUT2D eigenvalue weighted by atomic mass is 32.1. The summed E-state index contributed by atoms with van der Waals surface area (Å²) in [5.41, 5.74) is 1.50. The van der Waals surface area contributed by atoms with Gasteiger partial charge in [0, 0.05) is 21.9 Å². The first-order chi connectivity index (χ1) is 10.5. The van der Waals surface area contributed by atoms with Gasteiger partial charge < -0.3 is 0 Å². The van der Waals surface area contributed by atoms with Gasteiger partial charge in [-0.2, -0.15) is 0 Å². The third kappa shape index (κ3) is 7.79. The molecule has 0 fully saturated rings. The number of ketones is 1. The van der Waals surface area contributed by atoms with Crippen LogP contribution in [0.1, 0.15) is 48.4 Å². The number of hydrogen-bond acceptors (Lipinski definition) is 3. The number of benzene rings is 2. The number of carbonyl (C=O) groups excluding carboxylic acids is 2. The van der Waals surface area contributed by atoms with Crippen molar-refractivity contribution < 1.29 is 9.59 Å². The molecule has 22 heavy (non-hydrogen) atoms. The molecule has 2 aromatic rings. The van der Waals surface area contributed by atoms with Gasteiger partial charge in [-0.15, -0.1) is 12.6 Å². The third-order valence-corrected chi connectivity index (χ3v) is 2.91. The zero-order valence-electron chi connectivity index (χ0n) is 13.6. The maximum atomic E-state index is 11.3.